The number of carbonyl (C=O) groups excluding carboxylic acids is 2. The van der Waals surface area contributed by atoms with Gasteiger partial charge in [0, 0.05) is 6.42 Å². The predicted molar refractivity (Wildman–Crippen MR) is 128 cm³/mol. The monoisotopic (exact) mass is 456 g/mol. The zero-order valence-corrected chi connectivity index (χ0v) is 20.7. The minimum atomic E-state index is -0.944. The molecular weight excluding hydrogens is 408 g/mol. The molecule has 0 aliphatic carbocycles. The predicted octanol–water partition coefficient (Wildman–Crippen LogP) is 4.95. The van der Waals surface area contributed by atoms with Gasteiger partial charge in [0.25, 0.3) is 0 Å². The van der Waals surface area contributed by atoms with Crippen LogP contribution in [0.4, 0.5) is 0 Å². The van der Waals surface area contributed by atoms with Gasteiger partial charge in [0.1, 0.15) is 12.1 Å². The number of rotatable bonds is 17. The Balaban J connectivity index is 0.000000879. The molecule has 188 valence electrons. The fourth-order valence-corrected chi connectivity index (χ4v) is 3.50. The van der Waals surface area contributed by atoms with Gasteiger partial charge in [-0.05, 0) is 18.8 Å². The number of ether oxygens (including phenoxy) is 1. The summed E-state index contributed by atoms with van der Waals surface area (Å²) in [5, 5.41) is 10.6. The maximum absolute atomic E-state index is 11.7. The number of hydrogen-bond acceptors (Lipinski definition) is 5. The van der Waals surface area contributed by atoms with Gasteiger partial charge in [0.15, 0.2) is 0 Å². The van der Waals surface area contributed by atoms with Gasteiger partial charge in [-0.3, -0.25) is 9.59 Å². The first-order valence-corrected chi connectivity index (χ1v) is 12.8. The van der Waals surface area contributed by atoms with Crippen LogP contribution in [-0.2, 0) is 19.1 Å². The number of aliphatic carboxylic acids is 1. The van der Waals surface area contributed by atoms with Crippen molar-refractivity contribution in [1.29, 1.82) is 0 Å². The van der Waals surface area contributed by atoms with Crippen molar-refractivity contribution in [1.82, 2.24) is 5.32 Å². The van der Waals surface area contributed by atoms with Crippen molar-refractivity contribution in [2.75, 3.05) is 6.61 Å². The number of carboxylic acid groups (broad SMARTS) is 1. The summed E-state index contributed by atoms with van der Waals surface area (Å²) < 4.78 is 5.25. The van der Waals surface area contributed by atoms with Gasteiger partial charge < -0.3 is 20.9 Å². The van der Waals surface area contributed by atoms with Crippen molar-refractivity contribution in [2.45, 2.75) is 129 Å². The van der Waals surface area contributed by atoms with Gasteiger partial charge in [-0.25, -0.2) is 4.79 Å². The van der Waals surface area contributed by atoms with Gasteiger partial charge in [0.05, 0.1) is 6.61 Å². The molecule has 0 bridgehead atoms. The Bertz CT molecular complexity index is 513. The lowest BCUT2D eigenvalue weighted by atomic mass is 10.0. The van der Waals surface area contributed by atoms with Gasteiger partial charge in [-0.2, -0.15) is 0 Å². The number of nitrogens with one attached hydrogen (secondary N) is 1. The van der Waals surface area contributed by atoms with Crippen LogP contribution in [0.15, 0.2) is 0 Å². The fraction of sp³-hybridized carbons (Fsp3) is 0.880. The molecule has 1 saturated heterocycles. The highest BCUT2D eigenvalue weighted by atomic mass is 16.5. The maximum Gasteiger partial charge on any atom is 0.326 e. The van der Waals surface area contributed by atoms with Crippen molar-refractivity contribution in [3.63, 3.8) is 0 Å². The Morgan fingerprint density at radius 3 is 1.88 bits per heavy atom. The SMILES string of the molecule is CCCCCCCCCCCCCCOC(=O)[C@@H](N)C(C)CC.O=C1CC[C@@H](C(=O)O)N1. The van der Waals surface area contributed by atoms with Crippen LogP contribution >= 0.6 is 0 Å². The number of nitrogens with two attached hydrogens (primary N) is 1. The Morgan fingerprint density at radius 2 is 1.50 bits per heavy atom. The zero-order chi connectivity index (χ0) is 24.2. The Kier molecular flexibility index (Phi) is 19.0. The van der Waals surface area contributed by atoms with E-state index in [1.807, 2.05) is 13.8 Å². The second-order valence-electron chi connectivity index (χ2n) is 8.96. The smallest absolute Gasteiger partial charge is 0.326 e. The van der Waals surface area contributed by atoms with Crippen molar-refractivity contribution in [3.05, 3.63) is 0 Å². The van der Waals surface area contributed by atoms with Gasteiger partial charge in [-0.15, -0.1) is 0 Å². The van der Waals surface area contributed by atoms with E-state index in [4.69, 9.17) is 15.6 Å². The minimum absolute atomic E-state index is 0.164. The van der Waals surface area contributed by atoms with Crippen LogP contribution in [0.2, 0.25) is 0 Å². The lowest BCUT2D eigenvalue weighted by molar-refractivity contribution is -0.146. The van der Waals surface area contributed by atoms with E-state index >= 15 is 0 Å². The third-order valence-corrected chi connectivity index (χ3v) is 6.06. The Hall–Kier alpha value is -1.63. The summed E-state index contributed by atoms with van der Waals surface area (Å²) in [6.45, 7) is 6.83. The second kappa shape index (κ2) is 20.0. The van der Waals surface area contributed by atoms with Crippen LogP contribution in [-0.4, -0.2) is 41.6 Å². The molecule has 1 aliphatic rings. The molecule has 1 heterocycles. The molecule has 32 heavy (non-hydrogen) atoms. The van der Waals surface area contributed by atoms with Crippen molar-refractivity contribution < 1.29 is 24.2 Å². The largest absolute Gasteiger partial charge is 0.480 e. The molecule has 0 aromatic rings. The number of carboxylic acids is 1. The molecule has 0 saturated carbocycles. The maximum atomic E-state index is 11.7. The highest BCUT2D eigenvalue weighted by Gasteiger charge is 2.26. The Labute approximate surface area is 195 Å². The molecule has 0 radical (unpaired) electrons. The first kappa shape index (κ1) is 30.4. The number of esters is 1. The second-order valence-corrected chi connectivity index (χ2v) is 8.96. The normalized spacial score (nSPS) is 17.1. The topological polar surface area (TPSA) is 119 Å². The molecule has 0 spiro atoms. The van der Waals surface area contributed by atoms with Crippen LogP contribution in [0.3, 0.4) is 0 Å². The summed E-state index contributed by atoms with van der Waals surface area (Å²) in [6, 6.07) is -1.10. The lowest BCUT2D eigenvalue weighted by Crippen LogP contribution is -2.38. The third-order valence-electron chi connectivity index (χ3n) is 6.06. The first-order chi connectivity index (χ1) is 15.3. The summed E-state index contributed by atoms with van der Waals surface area (Å²) in [5.74, 6) is -1.14. The summed E-state index contributed by atoms with van der Waals surface area (Å²) in [5.41, 5.74) is 5.84. The van der Waals surface area contributed by atoms with Crippen molar-refractivity contribution >= 4 is 17.8 Å². The molecule has 1 aliphatic heterocycles. The van der Waals surface area contributed by atoms with E-state index < -0.39 is 18.1 Å². The summed E-state index contributed by atoms with van der Waals surface area (Å²) >= 11 is 0. The van der Waals surface area contributed by atoms with Crippen molar-refractivity contribution in [3.8, 4) is 0 Å². The standard InChI is InChI=1S/C20H41NO2.C5H7NO3/c1-4-6-7-8-9-10-11-12-13-14-15-16-17-23-20(22)19(21)18(3)5-2;7-4-2-1-3(6-4)5(8)9/h18-19H,4-17,21H2,1-3H3;3H,1-2H2,(H,6,7)(H,8,9)/t18?,19-;3-/m00/s1. The number of unbranched alkanes of at least 4 members (excludes halogenated alkanes) is 11. The van der Waals surface area contributed by atoms with E-state index in [0.29, 0.717) is 19.4 Å². The highest BCUT2D eigenvalue weighted by molar-refractivity contribution is 5.87. The molecule has 1 rings (SSSR count). The van der Waals surface area contributed by atoms with Crippen LogP contribution in [0.25, 0.3) is 0 Å². The van der Waals surface area contributed by atoms with Crippen LogP contribution < -0.4 is 11.1 Å². The van der Waals surface area contributed by atoms with Gasteiger partial charge in [0.2, 0.25) is 5.91 Å². The van der Waals surface area contributed by atoms with Gasteiger partial charge >= 0.3 is 11.9 Å². The van der Waals surface area contributed by atoms with Gasteiger partial charge in [-0.1, -0.05) is 97.8 Å². The zero-order valence-electron chi connectivity index (χ0n) is 20.7. The minimum Gasteiger partial charge on any atom is -0.480 e. The van der Waals surface area contributed by atoms with E-state index in [-0.39, 0.29) is 17.8 Å². The van der Waals surface area contributed by atoms with E-state index in [0.717, 1.165) is 19.3 Å². The number of amides is 1. The first-order valence-electron chi connectivity index (χ1n) is 12.8. The van der Waals surface area contributed by atoms with Crippen LogP contribution in [0.5, 0.6) is 0 Å². The molecule has 3 atom stereocenters. The molecule has 7 heteroatoms. The lowest BCUT2D eigenvalue weighted by Gasteiger charge is -2.16. The summed E-state index contributed by atoms with van der Waals surface area (Å²) in [6.07, 6.45) is 17.5. The summed E-state index contributed by atoms with van der Waals surface area (Å²) in [7, 11) is 0. The van der Waals surface area contributed by atoms with E-state index in [1.165, 1.54) is 64.2 Å². The van der Waals surface area contributed by atoms with E-state index in [1.54, 1.807) is 0 Å². The highest BCUT2D eigenvalue weighted by Crippen LogP contribution is 2.12. The van der Waals surface area contributed by atoms with E-state index in [9.17, 15) is 14.4 Å². The van der Waals surface area contributed by atoms with Crippen LogP contribution in [0.1, 0.15) is 117 Å². The quantitative estimate of drug-likeness (QED) is 0.210. The molecular formula is C25H48N2O5. The number of hydrogen-bond donors (Lipinski definition) is 3. The summed E-state index contributed by atoms with van der Waals surface area (Å²) in [4.78, 5) is 32.2. The molecule has 1 amide bonds. The average molecular weight is 457 g/mol. The Morgan fingerprint density at radius 1 is 1.00 bits per heavy atom. The third kappa shape index (κ3) is 16.1. The fourth-order valence-electron chi connectivity index (χ4n) is 3.50. The molecule has 1 fully saturated rings. The molecule has 7 nitrogen and oxygen atoms in total. The molecule has 0 aromatic carbocycles. The molecule has 0 aromatic heterocycles. The van der Waals surface area contributed by atoms with Crippen LogP contribution in [0, 0.1) is 5.92 Å². The van der Waals surface area contributed by atoms with Crippen molar-refractivity contribution in [2.24, 2.45) is 11.7 Å². The molecule has 1 unspecified atom stereocenters. The average Bonchev–Trinajstić information content (AvgIpc) is 3.22. The number of carbonyl (C=O) groups is 3. The van der Waals surface area contributed by atoms with E-state index in [2.05, 4.69) is 12.2 Å². The molecule has 4 N–H and O–H groups in total.